The number of esters is 1. The van der Waals surface area contributed by atoms with Gasteiger partial charge in [-0.25, -0.2) is 0 Å². The molecule has 0 aromatic heterocycles. The van der Waals surface area contributed by atoms with E-state index in [9.17, 15) is 9.59 Å². The van der Waals surface area contributed by atoms with E-state index in [4.69, 9.17) is 4.74 Å². The van der Waals surface area contributed by atoms with E-state index in [1.165, 1.54) is 18.9 Å². The van der Waals surface area contributed by atoms with Crippen molar-refractivity contribution in [3.05, 3.63) is 12.2 Å². The summed E-state index contributed by atoms with van der Waals surface area (Å²) >= 11 is 1.29. The van der Waals surface area contributed by atoms with E-state index < -0.39 is 0 Å². The van der Waals surface area contributed by atoms with Gasteiger partial charge in [-0.2, -0.15) is 0 Å². The van der Waals surface area contributed by atoms with Crippen LogP contribution in [-0.2, 0) is 14.3 Å². The van der Waals surface area contributed by atoms with Crippen LogP contribution in [0.5, 0.6) is 0 Å². The summed E-state index contributed by atoms with van der Waals surface area (Å²) in [7, 11) is 1.37. The Morgan fingerprint density at radius 3 is 2.47 bits per heavy atom. The molecule has 84 valence electrons. The first-order valence-electron chi connectivity index (χ1n) is 5.10. The Bertz CT molecular complexity index is 273. The van der Waals surface area contributed by atoms with E-state index in [1.54, 1.807) is 0 Å². The van der Waals surface area contributed by atoms with Gasteiger partial charge in [-0.3, -0.25) is 9.59 Å². The summed E-state index contributed by atoms with van der Waals surface area (Å²) in [6.07, 6.45) is 5.19. The number of thioether (sulfide) groups is 1. The molecule has 0 spiro atoms. The van der Waals surface area contributed by atoms with Crippen molar-refractivity contribution in [2.75, 3.05) is 12.9 Å². The van der Waals surface area contributed by atoms with Crippen LogP contribution in [0.25, 0.3) is 0 Å². The van der Waals surface area contributed by atoms with Gasteiger partial charge in [0.25, 0.3) is 0 Å². The minimum absolute atomic E-state index is 0.109. The summed E-state index contributed by atoms with van der Waals surface area (Å²) in [5, 5.41) is 0.109. The standard InChI is InChI=1S/C11H16O3S/c1-3-15-11(13)9-7-5-4-6-8(9)10(12)14-2/h4-5,8-9H,3,6-7H2,1-2H3/t8-,9+/m0/s1. The summed E-state index contributed by atoms with van der Waals surface area (Å²) in [5.41, 5.74) is 0. The van der Waals surface area contributed by atoms with Crippen molar-refractivity contribution in [1.82, 2.24) is 0 Å². The number of carbonyl (C=O) groups excluding carboxylic acids is 2. The van der Waals surface area contributed by atoms with Crippen LogP contribution in [0.2, 0.25) is 0 Å². The van der Waals surface area contributed by atoms with Gasteiger partial charge in [0.1, 0.15) is 0 Å². The Morgan fingerprint density at radius 1 is 1.33 bits per heavy atom. The molecule has 0 heterocycles. The number of ether oxygens (including phenoxy) is 1. The number of allylic oxidation sites excluding steroid dienone is 2. The first kappa shape index (κ1) is 12.3. The number of rotatable bonds is 3. The Morgan fingerprint density at radius 2 is 1.93 bits per heavy atom. The van der Waals surface area contributed by atoms with E-state index in [1.807, 2.05) is 19.1 Å². The number of methoxy groups -OCH3 is 1. The normalized spacial score (nSPS) is 24.9. The summed E-state index contributed by atoms with van der Waals surface area (Å²) in [4.78, 5) is 23.2. The second-order valence-corrected chi connectivity index (χ2v) is 4.70. The maximum atomic E-state index is 11.8. The van der Waals surface area contributed by atoms with Crippen LogP contribution in [-0.4, -0.2) is 23.9 Å². The van der Waals surface area contributed by atoms with Crippen LogP contribution in [0.15, 0.2) is 12.2 Å². The minimum atomic E-state index is -0.286. The molecule has 3 nitrogen and oxygen atoms in total. The van der Waals surface area contributed by atoms with Gasteiger partial charge in [0, 0.05) is 5.92 Å². The molecule has 0 bridgehead atoms. The van der Waals surface area contributed by atoms with Crippen LogP contribution in [0.1, 0.15) is 19.8 Å². The maximum Gasteiger partial charge on any atom is 0.309 e. The smallest absolute Gasteiger partial charge is 0.309 e. The molecule has 1 aliphatic rings. The van der Waals surface area contributed by atoms with Gasteiger partial charge >= 0.3 is 5.97 Å². The zero-order valence-corrected chi connectivity index (χ0v) is 9.88. The molecule has 0 saturated heterocycles. The van der Waals surface area contributed by atoms with Gasteiger partial charge in [0.2, 0.25) is 0 Å². The topological polar surface area (TPSA) is 43.4 Å². The van der Waals surface area contributed by atoms with Crippen molar-refractivity contribution in [3.8, 4) is 0 Å². The lowest BCUT2D eigenvalue weighted by Gasteiger charge is -2.24. The molecule has 4 heteroatoms. The maximum absolute atomic E-state index is 11.8. The lowest BCUT2D eigenvalue weighted by Crippen LogP contribution is -2.30. The Kier molecular flexibility index (Phi) is 4.88. The third-order valence-corrected chi connectivity index (χ3v) is 3.40. The second-order valence-electron chi connectivity index (χ2n) is 3.43. The molecule has 1 aliphatic carbocycles. The first-order chi connectivity index (χ1) is 7.20. The zero-order chi connectivity index (χ0) is 11.3. The van der Waals surface area contributed by atoms with Crippen LogP contribution < -0.4 is 0 Å². The summed E-state index contributed by atoms with van der Waals surface area (Å²) in [5.74, 6) is 0.000731. The average Bonchev–Trinajstić information content (AvgIpc) is 2.28. The lowest BCUT2D eigenvalue weighted by atomic mass is 9.84. The molecular formula is C11H16O3S. The minimum Gasteiger partial charge on any atom is -0.469 e. The van der Waals surface area contributed by atoms with E-state index in [2.05, 4.69) is 0 Å². The predicted molar refractivity (Wildman–Crippen MR) is 60.5 cm³/mol. The number of hydrogen-bond acceptors (Lipinski definition) is 4. The first-order valence-corrected chi connectivity index (χ1v) is 6.08. The Balaban J connectivity index is 2.70. The molecular weight excluding hydrogens is 212 g/mol. The predicted octanol–water partition coefficient (Wildman–Crippen LogP) is 2.02. The Labute approximate surface area is 94.3 Å². The van der Waals surface area contributed by atoms with Gasteiger partial charge in [-0.15, -0.1) is 0 Å². The van der Waals surface area contributed by atoms with E-state index in [0.29, 0.717) is 12.8 Å². The highest BCUT2D eigenvalue weighted by atomic mass is 32.2. The van der Waals surface area contributed by atoms with Crippen molar-refractivity contribution >= 4 is 22.8 Å². The molecule has 0 saturated carbocycles. The monoisotopic (exact) mass is 228 g/mol. The SMILES string of the molecule is CCSC(=O)[C@@H]1CC=CC[C@@H]1C(=O)OC. The van der Waals surface area contributed by atoms with Crippen LogP contribution >= 0.6 is 11.8 Å². The Hall–Kier alpha value is -0.770. The molecule has 0 N–H and O–H groups in total. The summed E-state index contributed by atoms with van der Waals surface area (Å²) < 4.78 is 4.71. The molecule has 0 aromatic rings. The molecule has 0 aliphatic heterocycles. The van der Waals surface area contributed by atoms with E-state index in [0.717, 1.165) is 5.75 Å². The fourth-order valence-electron chi connectivity index (χ4n) is 1.74. The highest BCUT2D eigenvalue weighted by molar-refractivity contribution is 8.13. The molecule has 1 rings (SSSR count). The van der Waals surface area contributed by atoms with Crippen LogP contribution in [0, 0.1) is 11.8 Å². The second kappa shape index (κ2) is 5.95. The zero-order valence-electron chi connectivity index (χ0n) is 9.06. The van der Waals surface area contributed by atoms with Gasteiger partial charge in [-0.1, -0.05) is 30.8 Å². The third kappa shape index (κ3) is 3.09. The van der Waals surface area contributed by atoms with E-state index in [-0.39, 0.29) is 22.9 Å². The van der Waals surface area contributed by atoms with Crippen molar-refractivity contribution in [2.24, 2.45) is 11.8 Å². The number of carbonyl (C=O) groups is 2. The highest BCUT2D eigenvalue weighted by Gasteiger charge is 2.34. The molecule has 0 unspecified atom stereocenters. The third-order valence-electron chi connectivity index (χ3n) is 2.53. The summed E-state index contributed by atoms with van der Waals surface area (Å²) in [6, 6.07) is 0. The average molecular weight is 228 g/mol. The molecule has 0 amide bonds. The summed E-state index contributed by atoms with van der Waals surface area (Å²) in [6.45, 7) is 1.94. The molecule has 0 radical (unpaired) electrons. The van der Waals surface area contributed by atoms with Gasteiger partial charge in [0.05, 0.1) is 13.0 Å². The largest absolute Gasteiger partial charge is 0.469 e. The van der Waals surface area contributed by atoms with Crippen molar-refractivity contribution in [1.29, 1.82) is 0 Å². The van der Waals surface area contributed by atoms with Crippen molar-refractivity contribution < 1.29 is 14.3 Å². The molecule has 0 fully saturated rings. The molecule has 0 aromatic carbocycles. The van der Waals surface area contributed by atoms with Gasteiger partial charge in [-0.05, 0) is 18.6 Å². The number of hydrogen-bond donors (Lipinski definition) is 0. The van der Waals surface area contributed by atoms with Crippen molar-refractivity contribution in [2.45, 2.75) is 19.8 Å². The lowest BCUT2D eigenvalue weighted by molar-refractivity contribution is -0.149. The van der Waals surface area contributed by atoms with Crippen molar-refractivity contribution in [3.63, 3.8) is 0 Å². The van der Waals surface area contributed by atoms with E-state index >= 15 is 0 Å². The highest BCUT2D eigenvalue weighted by Crippen LogP contribution is 2.30. The molecule has 15 heavy (non-hydrogen) atoms. The quantitative estimate of drug-likeness (QED) is 0.547. The van der Waals surface area contributed by atoms with Crippen LogP contribution in [0.4, 0.5) is 0 Å². The molecule has 2 atom stereocenters. The van der Waals surface area contributed by atoms with Gasteiger partial charge < -0.3 is 4.74 Å². The van der Waals surface area contributed by atoms with Gasteiger partial charge in [0.15, 0.2) is 5.12 Å². The fourth-order valence-corrected chi connectivity index (χ4v) is 2.49. The van der Waals surface area contributed by atoms with Crippen LogP contribution in [0.3, 0.4) is 0 Å². The fraction of sp³-hybridized carbons (Fsp3) is 0.636.